The molecule has 0 saturated carbocycles. The number of rotatable bonds is 6. The van der Waals surface area contributed by atoms with E-state index in [-0.39, 0.29) is 17.5 Å². The van der Waals surface area contributed by atoms with Crippen molar-refractivity contribution in [3.63, 3.8) is 0 Å². The molecule has 0 bridgehead atoms. The van der Waals surface area contributed by atoms with Gasteiger partial charge in [0.25, 0.3) is 0 Å². The summed E-state index contributed by atoms with van der Waals surface area (Å²) in [6, 6.07) is 14.9. The Morgan fingerprint density at radius 3 is 2.55 bits per heavy atom. The minimum Gasteiger partial charge on any atom is -0.486 e. The Hall–Kier alpha value is -3.92. The number of nitrogens with one attached hydrogen (secondary N) is 1. The zero-order chi connectivity index (χ0) is 22.6. The van der Waals surface area contributed by atoms with Gasteiger partial charge in [-0.3, -0.25) is 14.3 Å². The number of aromatic nitrogens is 4. The number of amides is 1. The van der Waals surface area contributed by atoms with Gasteiger partial charge in [-0.2, -0.15) is 0 Å². The Labute approximate surface area is 192 Å². The van der Waals surface area contributed by atoms with Gasteiger partial charge in [0.05, 0.1) is 5.75 Å². The molecule has 33 heavy (non-hydrogen) atoms. The highest BCUT2D eigenvalue weighted by Gasteiger charge is 2.18. The predicted molar refractivity (Wildman–Crippen MR) is 121 cm³/mol. The number of thioether (sulfide) groups is 1. The van der Waals surface area contributed by atoms with E-state index in [1.807, 2.05) is 12.1 Å². The van der Waals surface area contributed by atoms with Crippen molar-refractivity contribution in [1.29, 1.82) is 0 Å². The van der Waals surface area contributed by atoms with Crippen LogP contribution in [0.4, 0.5) is 10.1 Å². The summed E-state index contributed by atoms with van der Waals surface area (Å²) in [5, 5.41) is 11.9. The summed E-state index contributed by atoms with van der Waals surface area (Å²) in [4.78, 5) is 16.6. The quantitative estimate of drug-likeness (QED) is 0.433. The summed E-state index contributed by atoms with van der Waals surface area (Å²) in [6.45, 7) is 0.977. The van der Waals surface area contributed by atoms with Gasteiger partial charge >= 0.3 is 0 Å². The van der Waals surface area contributed by atoms with E-state index in [0.717, 1.165) is 5.56 Å². The SMILES string of the molecule is O=C(CSc1nnc(-c2ccncc2)n1-c1ccc(F)cc1)Nc1ccc2c(c1)OCCO2. The number of halogens is 1. The lowest BCUT2D eigenvalue weighted by molar-refractivity contribution is -0.113. The van der Waals surface area contributed by atoms with Crippen LogP contribution in [0.3, 0.4) is 0 Å². The van der Waals surface area contributed by atoms with Gasteiger partial charge in [-0.05, 0) is 48.5 Å². The first-order chi connectivity index (χ1) is 16.2. The molecule has 0 unspecified atom stereocenters. The normalized spacial score (nSPS) is 12.4. The lowest BCUT2D eigenvalue weighted by Gasteiger charge is -2.19. The maximum Gasteiger partial charge on any atom is 0.234 e. The number of hydrogen-bond acceptors (Lipinski definition) is 7. The van der Waals surface area contributed by atoms with Crippen LogP contribution in [0.2, 0.25) is 0 Å². The molecule has 0 spiro atoms. The van der Waals surface area contributed by atoms with Gasteiger partial charge in [0.2, 0.25) is 5.91 Å². The van der Waals surface area contributed by atoms with E-state index in [1.54, 1.807) is 47.3 Å². The van der Waals surface area contributed by atoms with Crippen LogP contribution in [0.15, 0.2) is 72.1 Å². The summed E-state index contributed by atoms with van der Waals surface area (Å²) in [5.74, 6) is 1.37. The molecule has 0 atom stereocenters. The maximum absolute atomic E-state index is 13.5. The highest BCUT2D eigenvalue weighted by atomic mass is 32.2. The van der Waals surface area contributed by atoms with Crippen LogP contribution in [0.25, 0.3) is 17.1 Å². The molecule has 1 aliphatic rings. The summed E-state index contributed by atoms with van der Waals surface area (Å²) < 4.78 is 26.3. The number of benzene rings is 2. The van der Waals surface area contributed by atoms with Crippen molar-refractivity contribution in [2.24, 2.45) is 0 Å². The van der Waals surface area contributed by atoms with Crippen LogP contribution in [0, 0.1) is 5.82 Å². The van der Waals surface area contributed by atoms with Crippen LogP contribution >= 0.6 is 11.8 Å². The molecule has 0 aliphatic carbocycles. The number of ether oxygens (including phenoxy) is 2. The van der Waals surface area contributed by atoms with Crippen molar-refractivity contribution >= 4 is 23.4 Å². The zero-order valence-electron chi connectivity index (χ0n) is 17.3. The first-order valence-electron chi connectivity index (χ1n) is 10.1. The molecular weight excluding hydrogens is 445 g/mol. The predicted octanol–water partition coefficient (Wildman–Crippen LogP) is 3.97. The Morgan fingerprint density at radius 2 is 1.76 bits per heavy atom. The molecule has 0 saturated heterocycles. The molecule has 4 aromatic rings. The largest absolute Gasteiger partial charge is 0.486 e. The maximum atomic E-state index is 13.5. The number of nitrogens with zero attached hydrogens (tertiary/aromatic N) is 4. The van der Waals surface area contributed by atoms with E-state index in [1.165, 1.54) is 23.9 Å². The molecular formula is C23H18FN5O3S. The molecule has 8 nitrogen and oxygen atoms in total. The molecule has 2 aromatic heterocycles. The van der Waals surface area contributed by atoms with Crippen molar-refractivity contribution in [1.82, 2.24) is 19.7 Å². The van der Waals surface area contributed by atoms with Crippen molar-refractivity contribution in [2.45, 2.75) is 5.16 Å². The number of hydrogen-bond donors (Lipinski definition) is 1. The molecule has 166 valence electrons. The van der Waals surface area contributed by atoms with Crippen molar-refractivity contribution in [2.75, 3.05) is 24.3 Å². The van der Waals surface area contributed by atoms with Gasteiger partial charge in [-0.25, -0.2) is 4.39 Å². The first kappa shape index (κ1) is 21.0. The summed E-state index contributed by atoms with van der Waals surface area (Å²) in [7, 11) is 0. The second-order valence-corrected chi connectivity index (χ2v) is 7.99. The van der Waals surface area contributed by atoms with E-state index in [4.69, 9.17) is 9.47 Å². The number of pyridine rings is 1. The monoisotopic (exact) mass is 463 g/mol. The average molecular weight is 463 g/mol. The van der Waals surface area contributed by atoms with E-state index in [2.05, 4.69) is 20.5 Å². The van der Waals surface area contributed by atoms with E-state index in [9.17, 15) is 9.18 Å². The van der Waals surface area contributed by atoms with Crippen LogP contribution in [0.1, 0.15) is 0 Å². The number of carbonyl (C=O) groups is 1. The van der Waals surface area contributed by atoms with Crippen LogP contribution in [-0.4, -0.2) is 44.6 Å². The average Bonchev–Trinajstić information content (AvgIpc) is 3.28. The Balaban J connectivity index is 1.35. The number of fused-ring (bicyclic) bond motifs is 1. The zero-order valence-corrected chi connectivity index (χ0v) is 18.1. The molecule has 1 N–H and O–H groups in total. The highest BCUT2D eigenvalue weighted by Crippen LogP contribution is 2.33. The summed E-state index contributed by atoms with van der Waals surface area (Å²) in [6.07, 6.45) is 3.32. The van der Waals surface area contributed by atoms with E-state index >= 15 is 0 Å². The number of anilines is 1. The first-order valence-corrected chi connectivity index (χ1v) is 11.1. The highest BCUT2D eigenvalue weighted by molar-refractivity contribution is 7.99. The minimum atomic E-state index is -0.342. The fourth-order valence-corrected chi connectivity index (χ4v) is 4.07. The number of carbonyl (C=O) groups excluding carboxylic acids is 1. The van der Waals surface area contributed by atoms with Gasteiger partial charge in [-0.15, -0.1) is 10.2 Å². The Morgan fingerprint density at radius 1 is 1.00 bits per heavy atom. The molecule has 5 rings (SSSR count). The van der Waals surface area contributed by atoms with Crippen LogP contribution in [0.5, 0.6) is 11.5 Å². The van der Waals surface area contributed by atoms with Gasteiger partial charge in [0, 0.05) is 35.4 Å². The van der Waals surface area contributed by atoms with Crippen molar-refractivity contribution in [3.05, 3.63) is 72.8 Å². The van der Waals surface area contributed by atoms with E-state index < -0.39 is 0 Å². The minimum absolute atomic E-state index is 0.101. The fraction of sp³-hybridized carbons (Fsp3) is 0.130. The van der Waals surface area contributed by atoms with Crippen LogP contribution < -0.4 is 14.8 Å². The van der Waals surface area contributed by atoms with Gasteiger partial charge < -0.3 is 14.8 Å². The fourth-order valence-electron chi connectivity index (χ4n) is 3.32. The molecule has 1 amide bonds. The smallest absolute Gasteiger partial charge is 0.234 e. The standard InChI is InChI=1S/C23H18FN5O3S/c24-16-1-4-18(5-2-16)29-22(15-7-9-25-10-8-15)27-28-23(29)33-14-21(30)26-17-3-6-19-20(13-17)32-12-11-31-19/h1-10,13H,11-12,14H2,(H,26,30). The van der Waals surface area contributed by atoms with Gasteiger partial charge in [0.1, 0.15) is 19.0 Å². The lowest BCUT2D eigenvalue weighted by atomic mass is 10.2. The van der Waals surface area contributed by atoms with Gasteiger partial charge in [-0.1, -0.05) is 11.8 Å². The molecule has 0 radical (unpaired) electrons. The Kier molecular flexibility index (Phi) is 5.90. The van der Waals surface area contributed by atoms with E-state index in [0.29, 0.717) is 47.1 Å². The molecule has 0 fully saturated rings. The van der Waals surface area contributed by atoms with Crippen molar-refractivity contribution in [3.8, 4) is 28.6 Å². The third-order valence-electron chi connectivity index (χ3n) is 4.81. The second-order valence-electron chi connectivity index (χ2n) is 7.05. The molecule has 2 aromatic carbocycles. The summed E-state index contributed by atoms with van der Waals surface area (Å²) in [5.41, 5.74) is 2.10. The van der Waals surface area contributed by atoms with Crippen LogP contribution in [-0.2, 0) is 4.79 Å². The molecule has 10 heteroatoms. The van der Waals surface area contributed by atoms with Gasteiger partial charge in [0.15, 0.2) is 22.5 Å². The molecule has 3 heterocycles. The third-order valence-corrected chi connectivity index (χ3v) is 5.74. The van der Waals surface area contributed by atoms with Crippen molar-refractivity contribution < 1.29 is 18.7 Å². The molecule has 1 aliphatic heterocycles. The topological polar surface area (TPSA) is 91.2 Å². The lowest BCUT2D eigenvalue weighted by Crippen LogP contribution is -2.17. The second kappa shape index (κ2) is 9.29. The third kappa shape index (κ3) is 4.65. The Bertz CT molecular complexity index is 1280. The summed E-state index contributed by atoms with van der Waals surface area (Å²) >= 11 is 1.23.